The van der Waals surface area contributed by atoms with Gasteiger partial charge in [0.15, 0.2) is 5.96 Å². The average molecular weight is 342 g/mol. The Balaban J connectivity index is 1.90. The molecule has 134 valence electrons. The standard InChI is InChI=1S/C17H25F3N4/c1-13-6-4-5-7-14(13)10-23(3)16(21-2)22-15-8-9-24(11-15)12-17(18,19)20/h4-7,15H,8-12H2,1-3H3,(H,21,22). The molecule has 1 atom stereocenters. The molecule has 0 amide bonds. The van der Waals surface area contributed by atoms with Gasteiger partial charge < -0.3 is 10.2 Å². The molecule has 2 rings (SSSR count). The fourth-order valence-corrected chi connectivity index (χ4v) is 2.99. The highest BCUT2D eigenvalue weighted by molar-refractivity contribution is 5.80. The number of aryl methyl sites for hydroxylation is 1. The Labute approximate surface area is 141 Å². The zero-order valence-corrected chi connectivity index (χ0v) is 14.4. The predicted octanol–water partition coefficient (Wildman–Crippen LogP) is 2.64. The second-order valence-electron chi connectivity index (χ2n) is 6.31. The smallest absolute Gasteiger partial charge is 0.352 e. The van der Waals surface area contributed by atoms with E-state index in [1.165, 1.54) is 16.0 Å². The largest absolute Gasteiger partial charge is 0.401 e. The third-order valence-corrected chi connectivity index (χ3v) is 4.25. The maximum Gasteiger partial charge on any atom is 0.401 e. The van der Waals surface area contributed by atoms with Crippen LogP contribution >= 0.6 is 0 Å². The van der Waals surface area contributed by atoms with Crippen molar-refractivity contribution in [3.63, 3.8) is 0 Å². The van der Waals surface area contributed by atoms with Gasteiger partial charge in [-0.3, -0.25) is 9.89 Å². The number of likely N-dealkylation sites (tertiary alicyclic amines) is 1. The highest BCUT2D eigenvalue weighted by Crippen LogP contribution is 2.20. The summed E-state index contributed by atoms with van der Waals surface area (Å²) >= 11 is 0. The molecule has 1 N–H and O–H groups in total. The second kappa shape index (κ2) is 7.88. The van der Waals surface area contributed by atoms with Crippen molar-refractivity contribution in [2.75, 3.05) is 33.7 Å². The SMILES string of the molecule is CN=C(NC1CCN(CC(F)(F)F)C1)N(C)Cc1ccccc1C. The van der Waals surface area contributed by atoms with Gasteiger partial charge in [0.25, 0.3) is 0 Å². The molecule has 1 aliphatic rings. The Morgan fingerprint density at radius 3 is 2.71 bits per heavy atom. The van der Waals surface area contributed by atoms with Crippen molar-refractivity contribution in [2.24, 2.45) is 4.99 Å². The third kappa shape index (κ3) is 5.40. The summed E-state index contributed by atoms with van der Waals surface area (Å²) in [7, 11) is 3.63. The van der Waals surface area contributed by atoms with E-state index in [9.17, 15) is 13.2 Å². The summed E-state index contributed by atoms with van der Waals surface area (Å²) in [5.74, 6) is 0.706. The van der Waals surface area contributed by atoms with Gasteiger partial charge in [-0.2, -0.15) is 13.2 Å². The lowest BCUT2D eigenvalue weighted by Crippen LogP contribution is -2.45. The Morgan fingerprint density at radius 2 is 2.08 bits per heavy atom. The van der Waals surface area contributed by atoms with Crippen LogP contribution in [0.5, 0.6) is 0 Å². The number of hydrogen-bond acceptors (Lipinski definition) is 2. The van der Waals surface area contributed by atoms with Crippen LogP contribution in [0.4, 0.5) is 13.2 Å². The van der Waals surface area contributed by atoms with Gasteiger partial charge in [0.05, 0.1) is 6.54 Å². The molecule has 24 heavy (non-hydrogen) atoms. The molecule has 1 unspecified atom stereocenters. The maximum atomic E-state index is 12.5. The molecule has 0 saturated carbocycles. The van der Waals surface area contributed by atoms with Crippen molar-refractivity contribution < 1.29 is 13.2 Å². The molecular weight excluding hydrogens is 317 g/mol. The molecule has 1 saturated heterocycles. The lowest BCUT2D eigenvalue weighted by Gasteiger charge is -2.26. The molecule has 1 heterocycles. The first-order chi connectivity index (χ1) is 11.3. The summed E-state index contributed by atoms with van der Waals surface area (Å²) in [5, 5.41) is 3.29. The van der Waals surface area contributed by atoms with Crippen molar-refractivity contribution in [2.45, 2.75) is 32.1 Å². The molecule has 0 spiro atoms. The molecule has 1 aliphatic heterocycles. The van der Waals surface area contributed by atoms with E-state index in [-0.39, 0.29) is 6.04 Å². The van der Waals surface area contributed by atoms with Gasteiger partial charge in [0.1, 0.15) is 0 Å². The number of halogens is 3. The molecule has 0 bridgehead atoms. The molecule has 4 nitrogen and oxygen atoms in total. The molecule has 1 fully saturated rings. The van der Waals surface area contributed by atoms with Gasteiger partial charge in [-0.05, 0) is 24.5 Å². The van der Waals surface area contributed by atoms with E-state index in [0.717, 1.165) is 0 Å². The number of rotatable bonds is 4. The molecule has 1 aromatic rings. The van der Waals surface area contributed by atoms with Gasteiger partial charge in [-0.25, -0.2) is 0 Å². The Bertz CT molecular complexity index is 571. The van der Waals surface area contributed by atoms with Crippen molar-refractivity contribution in [3.8, 4) is 0 Å². The highest BCUT2D eigenvalue weighted by atomic mass is 19.4. The second-order valence-corrected chi connectivity index (χ2v) is 6.31. The summed E-state index contributed by atoms with van der Waals surface area (Å²) in [6.45, 7) is 2.76. The van der Waals surface area contributed by atoms with E-state index >= 15 is 0 Å². The molecule has 1 aromatic carbocycles. The van der Waals surface area contributed by atoms with Crippen LogP contribution in [0.1, 0.15) is 17.5 Å². The predicted molar refractivity (Wildman–Crippen MR) is 90.0 cm³/mol. The lowest BCUT2D eigenvalue weighted by molar-refractivity contribution is -0.143. The Morgan fingerprint density at radius 1 is 1.38 bits per heavy atom. The number of guanidine groups is 1. The van der Waals surface area contributed by atoms with Gasteiger partial charge in [0.2, 0.25) is 0 Å². The van der Waals surface area contributed by atoms with Crippen molar-refractivity contribution in [1.29, 1.82) is 0 Å². The first kappa shape index (κ1) is 18.6. The van der Waals surface area contributed by atoms with Crippen molar-refractivity contribution >= 4 is 5.96 Å². The van der Waals surface area contributed by atoms with Crippen LogP contribution in [-0.4, -0.2) is 61.7 Å². The van der Waals surface area contributed by atoms with E-state index in [4.69, 9.17) is 0 Å². The van der Waals surface area contributed by atoms with Gasteiger partial charge >= 0.3 is 6.18 Å². The fraction of sp³-hybridized carbons (Fsp3) is 0.588. The van der Waals surface area contributed by atoms with E-state index in [0.29, 0.717) is 32.0 Å². The first-order valence-electron chi connectivity index (χ1n) is 8.06. The van der Waals surface area contributed by atoms with E-state index in [1.54, 1.807) is 7.05 Å². The van der Waals surface area contributed by atoms with Crippen LogP contribution in [-0.2, 0) is 6.54 Å². The third-order valence-electron chi connectivity index (χ3n) is 4.25. The number of aliphatic imine (C=N–C) groups is 1. The average Bonchev–Trinajstić information content (AvgIpc) is 2.92. The monoisotopic (exact) mass is 342 g/mol. The minimum absolute atomic E-state index is 0.00892. The minimum atomic E-state index is -4.14. The zero-order valence-electron chi connectivity index (χ0n) is 14.4. The van der Waals surface area contributed by atoms with Crippen LogP contribution in [0.2, 0.25) is 0 Å². The van der Waals surface area contributed by atoms with Crippen LogP contribution in [0, 0.1) is 6.92 Å². The van der Waals surface area contributed by atoms with Crippen LogP contribution in [0.25, 0.3) is 0 Å². The van der Waals surface area contributed by atoms with Crippen LogP contribution in [0.15, 0.2) is 29.3 Å². The topological polar surface area (TPSA) is 30.9 Å². The van der Waals surface area contributed by atoms with Crippen molar-refractivity contribution in [3.05, 3.63) is 35.4 Å². The van der Waals surface area contributed by atoms with Gasteiger partial charge in [-0.1, -0.05) is 24.3 Å². The molecule has 0 aliphatic carbocycles. The molecule has 0 radical (unpaired) electrons. The molecule has 7 heteroatoms. The summed E-state index contributed by atoms with van der Waals surface area (Å²) in [5.41, 5.74) is 2.41. The van der Waals surface area contributed by atoms with E-state index < -0.39 is 12.7 Å². The lowest BCUT2D eigenvalue weighted by atomic mass is 10.1. The number of hydrogen-bond donors (Lipinski definition) is 1. The van der Waals surface area contributed by atoms with Gasteiger partial charge in [0, 0.05) is 39.8 Å². The molecular formula is C17H25F3N4. The Kier molecular flexibility index (Phi) is 6.10. The zero-order chi connectivity index (χ0) is 17.7. The summed E-state index contributed by atoms with van der Waals surface area (Å²) in [4.78, 5) is 7.70. The maximum absolute atomic E-state index is 12.5. The number of benzene rings is 1. The summed E-state index contributed by atoms with van der Waals surface area (Å²) in [6, 6.07) is 8.12. The number of alkyl halides is 3. The Hall–Kier alpha value is -1.76. The first-order valence-corrected chi connectivity index (χ1v) is 8.06. The highest BCUT2D eigenvalue weighted by Gasteiger charge is 2.34. The minimum Gasteiger partial charge on any atom is -0.352 e. The van der Waals surface area contributed by atoms with E-state index in [2.05, 4.69) is 29.4 Å². The van der Waals surface area contributed by atoms with Crippen molar-refractivity contribution in [1.82, 2.24) is 15.1 Å². The number of nitrogens with one attached hydrogen (secondary N) is 1. The quantitative estimate of drug-likeness (QED) is 0.674. The summed E-state index contributed by atoms with van der Waals surface area (Å²) < 4.78 is 37.4. The van der Waals surface area contributed by atoms with Crippen LogP contribution in [0.3, 0.4) is 0 Å². The van der Waals surface area contributed by atoms with Crippen LogP contribution < -0.4 is 5.32 Å². The summed E-state index contributed by atoms with van der Waals surface area (Å²) in [6.07, 6.45) is -3.45. The fourth-order valence-electron chi connectivity index (χ4n) is 2.99. The normalized spacial score (nSPS) is 19.6. The molecule has 0 aromatic heterocycles. The number of nitrogens with zero attached hydrogens (tertiary/aromatic N) is 3. The van der Waals surface area contributed by atoms with E-state index in [1.807, 2.05) is 24.1 Å². The van der Waals surface area contributed by atoms with Gasteiger partial charge in [-0.15, -0.1) is 0 Å².